The van der Waals surface area contributed by atoms with E-state index in [1.165, 1.54) is 6.07 Å². The van der Waals surface area contributed by atoms with Crippen LogP contribution in [-0.2, 0) is 32.3 Å². The van der Waals surface area contributed by atoms with Crippen LogP contribution in [0.2, 0.25) is 0 Å². The van der Waals surface area contributed by atoms with Gasteiger partial charge in [0.15, 0.2) is 5.60 Å². The van der Waals surface area contributed by atoms with E-state index in [4.69, 9.17) is 29.9 Å². The van der Waals surface area contributed by atoms with E-state index in [-0.39, 0.29) is 5.82 Å². The number of carbonyl (C=O) groups is 3. The molecule has 0 atom stereocenters. The van der Waals surface area contributed by atoms with Crippen molar-refractivity contribution < 1.29 is 48.7 Å². The molecule has 0 radical (unpaired) electrons. The topological polar surface area (TPSA) is 179 Å². The quantitative estimate of drug-likeness (QED) is 0.210. The third-order valence-electron chi connectivity index (χ3n) is 6.11. The molecule has 1 fully saturated rings. The van der Waals surface area contributed by atoms with Crippen molar-refractivity contribution in [2.45, 2.75) is 31.6 Å². The highest BCUT2D eigenvalue weighted by molar-refractivity contribution is 5.88. The van der Waals surface area contributed by atoms with E-state index < -0.39 is 36.4 Å². The second-order valence-electron chi connectivity index (χ2n) is 9.39. The number of nitrogens with one attached hydrogen (secondary N) is 1. The number of benzene rings is 2. The summed E-state index contributed by atoms with van der Waals surface area (Å²) in [6.45, 7) is 4.02. The maximum Gasteiger partial charge on any atom is 0.336 e. The lowest BCUT2D eigenvalue weighted by atomic mass is 9.96. The Kier molecular flexibility index (Phi) is 11.6. The van der Waals surface area contributed by atoms with Crippen LogP contribution in [0.4, 0.5) is 15.8 Å². The Bertz CT molecular complexity index is 1340. The molecule has 0 unspecified atom stereocenters. The van der Waals surface area contributed by atoms with Gasteiger partial charge in [-0.15, -0.1) is 0 Å². The van der Waals surface area contributed by atoms with Crippen LogP contribution in [-0.4, -0.2) is 75.2 Å². The molecule has 12 nitrogen and oxygen atoms in total. The molecule has 1 aromatic heterocycles. The molecule has 0 spiro atoms. The van der Waals surface area contributed by atoms with Crippen molar-refractivity contribution in [1.82, 2.24) is 4.98 Å². The first-order chi connectivity index (χ1) is 20.1. The van der Waals surface area contributed by atoms with Gasteiger partial charge in [0.1, 0.15) is 18.2 Å². The zero-order valence-corrected chi connectivity index (χ0v) is 22.6. The second kappa shape index (κ2) is 15.3. The molecule has 0 bridgehead atoms. The van der Waals surface area contributed by atoms with Crippen molar-refractivity contribution >= 4 is 29.3 Å². The normalized spacial score (nSPS) is 13.0. The fourth-order valence-corrected chi connectivity index (χ4v) is 4.04. The first-order valence-corrected chi connectivity index (χ1v) is 12.9. The van der Waals surface area contributed by atoms with Gasteiger partial charge in [0.05, 0.1) is 37.4 Å². The molecule has 2 aromatic carbocycles. The number of rotatable bonds is 12. The van der Waals surface area contributed by atoms with Gasteiger partial charge in [-0.1, -0.05) is 18.2 Å². The van der Waals surface area contributed by atoms with Crippen LogP contribution in [0, 0.1) is 5.82 Å². The summed E-state index contributed by atoms with van der Waals surface area (Å²) in [5.41, 5.74) is 1.13. The fourth-order valence-electron chi connectivity index (χ4n) is 4.04. The number of pyridine rings is 1. The van der Waals surface area contributed by atoms with Gasteiger partial charge in [-0.2, -0.15) is 0 Å². The first kappa shape index (κ1) is 31.8. The zero-order chi connectivity index (χ0) is 30.5. The molecule has 0 aliphatic carbocycles. The highest BCUT2D eigenvalue weighted by Gasteiger charge is 2.40. The predicted octanol–water partition coefficient (Wildman–Crippen LogP) is 3.00. The Morgan fingerprint density at radius 3 is 2.29 bits per heavy atom. The third-order valence-corrected chi connectivity index (χ3v) is 6.11. The van der Waals surface area contributed by atoms with Crippen molar-refractivity contribution in [3.8, 4) is 5.75 Å². The molecule has 42 heavy (non-hydrogen) atoms. The Morgan fingerprint density at radius 2 is 1.67 bits per heavy atom. The van der Waals surface area contributed by atoms with Crippen LogP contribution in [0.25, 0.3) is 0 Å². The van der Waals surface area contributed by atoms with Crippen molar-refractivity contribution in [3.63, 3.8) is 0 Å². The molecule has 4 rings (SSSR count). The van der Waals surface area contributed by atoms with E-state index in [1.807, 2.05) is 42.5 Å². The van der Waals surface area contributed by atoms with Gasteiger partial charge in [-0.3, -0.25) is 14.6 Å². The number of aliphatic carboxylic acids is 3. The number of aromatic nitrogens is 1. The van der Waals surface area contributed by atoms with E-state index in [0.29, 0.717) is 26.4 Å². The molecule has 13 heteroatoms. The number of morpholine rings is 1. The van der Waals surface area contributed by atoms with Crippen molar-refractivity contribution in [2.24, 2.45) is 0 Å². The number of hydrogen-bond acceptors (Lipinski definition) is 9. The molecule has 1 aliphatic heterocycles. The number of anilines is 2. The zero-order valence-electron chi connectivity index (χ0n) is 22.6. The van der Waals surface area contributed by atoms with E-state index in [9.17, 15) is 18.8 Å². The van der Waals surface area contributed by atoms with E-state index in [1.54, 1.807) is 18.5 Å². The van der Waals surface area contributed by atoms with E-state index in [2.05, 4.69) is 15.2 Å². The van der Waals surface area contributed by atoms with Crippen LogP contribution >= 0.6 is 0 Å². The standard InChI is InChI=1S/C23H24FN3O2.C6H8O7/c24-20-6-7-23(27-9-11-28-12-10-27)22(14-20)26-16-18-3-1-5-21(13-18)29-17-19-4-2-8-25-15-19;7-3(8)1-6(13,5(11)12)2-4(9)10/h1-8,13-15,26H,9-12,16-17H2;13H,1-2H2,(H,7,8)(H,9,10)(H,11,12). The van der Waals surface area contributed by atoms with Crippen LogP contribution in [0.15, 0.2) is 67.0 Å². The summed E-state index contributed by atoms with van der Waals surface area (Å²) in [5, 5.41) is 37.2. The lowest BCUT2D eigenvalue weighted by Gasteiger charge is -2.30. The number of carboxylic acid groups (broad SMARTS) is 3. The van der Waals surface area contributed by atoms with Gasteiger partial charge in [0, 0.05) is 37.6 Å². The van der Waals surface area contributed by atoms with Crippen LogP contribution in [0.1, 0.15) is 24.0 Å². The SMILES string of the molecule is Fc1ccc(N2CCOCC2)c(NCc2cccc(OCc3cccnc3)c2)c1.O=C(O)CC(O)(CC(=O)O)C(=O)O. The summed E-state index contributed by atoms with van der Waals surface area (Å²) in [4.78, 5) is 36.8. The van der Waals surface area contributed by atoms with Gasteiger partial charge < -0.3 is 40.1 Å². The monoisotopic (exact) mass is 585 g/mol. The molecular formula is C29H32FN3O9. The molecule has 1 saturated heterocycles. The summed E-state index contributed by atoms with van der Waals surface area (Å²) in [5.74, 6) is -4.48. The van der Waals surface area contributed by atoms with Gasteiger partial charge in [-0.25, -0.2) is 9.18 Å². The van der Waals surface area contributed by atoms with Gasteiger partial charge in [-0.05, 0) is 42.0 Å². The summed E-state index contributed by atoms with van der Waals surface area (Å²) in [6, 6.07) is 16.7. The Labute approximate surface area is 241 Å². The number of nitrogens with zero attached hydrogens (tertiary/aromatic N) is 2. The fraction of sp³-hybridized carbons (Fsp3) is 0.310. The van der Waals surface area contributed by atoms with Gasteiger partial charge >= 0.3 is 17.9 Å². The number of carboxylic acids is 3. The number of hydrogen-bond donors (Lipinski definition) is 5. The van der Waals surface area contributed by atoms with Crippen LogP contribution in [0.3, 0.4) is 0 Å². The van der Waals surface area contributed by atoms with Crippen molar-refractivity contribution in [2.75, 3.05) is 36.5 Å². The minimum absolute atomic E-state index is 0.252. The van der Waals surface area contributed by atoms with Gasteiger partial charge in [0.25, 0.3) is 0 Å². The molecule has 2 heterocycles. The molecule has 224 valence electrons. The van der Waals surface area contributed by atoms with Crippen molar-refractivity contribution in [3.05, 3.63) is 83.9 Å². The van der Waals surface area contributed by atoms with E-state index in [0.717, 1.165) is 41.3 Å². The first-order valence-electron chi connectivity index (χ1n) is 12.9. The number of ether oxygens (including phenoxy) is 2. The average Bonchev–Trinajstić information content (AvgIpc) is 2.96. The maximum atomic E-state index is 13.9. The van der Waals surface area contributed by atoms with Gasteiger partial charge in [0.2, 0.25) is 0 Å². The molecule has 1 aliphatic rings. The highest BCUT2D eigenvalue weighted by atomic mass is 19.1. The number of aliphatic hydroxyl groups is 1. The minimum Gasteiger partial charge on any atom is -0.489 e. The third kappa shape index (κ3) is 10.0. The smallest absolute Gasteiger partial charge is 0.336 e. The predicted molar refractivity (Wildman–Crippen MR) is 149 cm³/mol. The molecule has 0 amide bonds. The molecular weight excluding hydrogens is 553 g/mol. The van der Waals surface area contributed by atoms with Crippen LogP contribution < -0.4 is 15.0 Å². The Balaban J connectivity index is 0.000000316. The lowest BCUT2D eigenvalue weighted by molar-refractivity contribution is -0.170. The second-order valence-corrected chi connectivity index (χ2v) is 9.39. The maximum absolute atomic E-state index is 13.9. The van der Waals surface area contributed by atoms with Crippen LogP contribution in [0.5, 0.6) is 5.75 Å². The largest absolute Gasteiger partial charge is 0.489 e. The summed E-state index contributed by atoms with van der Waals surface area (Å²) >= 11 is 0. The Hall–Kier alpha value is -4.75. The molecule has 3 aromatic rings. The summed E-state index contributed by atoms with van der Waals surface area (Å²) in [6.07, 6.45) is 1.25. The molecule has 0 saturated carbocycles. The Morgan fingerprint density at radius 1 is 0.976 bits per heavy atom. The summed E-state index contributed by atoms with van der Waals surface area (Å²) < 4.78 is 25.2. The van der Waals surface area contributed by atoms with E-state index >= 15 is 0 Å². The number of halogens is 1. The highest BCUT2D eigenvalue weighted by Crippen LogP contribution is 2.28. The lowest BCUT2D eigenvalue weighted by Crippen LogP contribution is -2.42. The summed E-state index contributed by atoms with van der Waals surface area (Å²) in [7, 11) is 0. The van der Waals surface area contributed by atoms with Crippen molar-refractivity contribution in [1.29, 1.82) is 0 Å². The molecule has 5 N–H and O–H groups in total. The average molecular weight is 586 g/mol. The minimum atomic E-state index is -2.74.